The van der Waals surface area contributed by atoms with Gasteiger partial charge >= 0.3 is 5.97 Å². The SMILES string of the molecule is COC(=O)c1cc2c(s1)Oc1ccc(Cl)cc1C(SC)=N2. The van der Waals surface area contributed by atoms with Crippen LogP contribution in [0, 0.1) is 0 Å². The Morgan fingerprint density at radius 1 is 1.43 bits per heavy atom. The number of methoxy groups -OCH3 is 1. The maximum atomic E-state index is 11.6. The monoisotopic (exact) mass is 339 g/mol. The fraction of sp³-hybridized carbons (Fsp3) is 0.143. The molecular weight excluding hydrogens is 330 g/mol. The Kier molecular flexibility index (Phi) is 3.93. The van der Waals surface area contributed by atoms with Crippen molar-refractivity contribution in [1.82, 2.24) is 0 Å². The summed E-state index contributed by atoms with van der Waals surface area (Å²) in [5, 5.41) is 1.99. The number of rotatable bonds is 1. The fourth-order valence-electron chi connectivity index (χ4n) is 1.90. The number of thioether (sulfide) groups is 1. The summed E-state index contributed by atoms with van der Waals surface area (Å²) < 4.78 is 10.6. The number of aliphatic imine (C=N–C) groups is 1. The van der Waals surface area contributed by atoms with Crippen LogP contribution in [-0.2, 0) is 4.74 Å². The van der Waals surface area contributed by atoms with E-state index in [1.165, 1.54) is 30.2 Å². The smallest absolute Gasteiger partial charge is 0.348 e. The molecule has 1 aliphatic rings. The number of nitrogens with zero attached hydrogens (tertiary/aromatic N) is 1. The average molecular weight is 340 g/mol. The maximum absolute atomic E-state index is 11.6. The number of esters is 1. The maximum Gasteiger partial charge on any atom is 0.348 e. The number of halogens is 1. The van der Waals surface area contributed by atoms with Gasteiger partial charge < -0.3 is 9.47 Å². The lowest BCUT2D eigenvalue weighted by Gasteiger charge is -2.07. The van der Waals surface area contributed by atoms with Gasteiger partial charge in [-0.25, -0.2) is 9.79 Å². The van der Waals surface area contributed by atoms with Crippen LogP contribution in [0.3, 0.4) is 0 Å². The van der Waals surface area contributed by atoms with Crippen LogP contribution in [0.4, 0.5) is 5.69 Å². The van der Waals surface area contributed by atoms with E-state index in [0.29, 0.717) is 26.4 Å². The summed E-state index contributed by atoms with van der Waals surface area (Å²) in [5.74, 6) is 0.276. The third-order valence-electron chi connectivity index (χ3n) is 2.86. The van der Waals surface area contributed by atoms with Gasteiger partial charge in [-0.3, -0.25) is 0 Å². The van der Waals surface area contributed by atoms with E-state index in [2.05, 4.69) is 4.99 Å². The van der Waals surface area contributed by atoms with Gasteiger partial charge in [-0.15, -0.1) is 11.8 Å². The first kappa shape index (κ1) is 14.4. The van der Waals surface area contributed by atoms with E-state index in [9.17, 15) is 4.79 Å². The van der Waals surface area contributed by atoms with Crippen LogP contribution in [-0.4, -0.2) is 24.4 Å². The molecule has 2 heterocycles. The fourth-order valence-corrected chi connectivity index (χ4v) is 3.52. The molecule has 0 radical (unpaired) electrons. The molecule has 1 aromatic carbocycles. The Morgan fingerprint density at radius 3 is 2.95 bits per heavy atom. The molecule has 108 valence electrons. The molecule has 0 spiro atoms. The van der Waals surface area contributed by atoms with Crippen LogP contribution in [0.15, 0.2) is 29.3 Å². The first-order valence-electron chi connectivity index (χ1n) is 5.95. The summed E-state index contributed by atoms with van der Waals surface area (Å²) in [4.78, 5) is 16.7. The van der Waals surface area contributed by atoms with E-state index in [1.54, 1.807) is 18.2 Å². The van der Waals surface area contributed by atoms with Gasteiger partial charge in [0.25, 0.3) is 0 Å². The number of benzene rings is 1. The lowest BCUT2D eigenvalue weighted by atomic mass is 10.2. The van der Waals surface area contributed by atoms with E-state index in [1.807, 2.05) is 12.3 Å². The number of ether oxygens (including phenoxy) is 2. The first-order chi connectivity index (χ1) is 10.1. The predicted molar refractivity (Wildman–Crippen MR) is 86.9 cm³/mol. The molecule has 4 nitrogen and oxygen atoms in total. The Bertz CT molecular complexity index is 755. The number of hydrogen-bond acceptors (Lipinski definition) is 6. The third kappa shape index (κ3) is 2.66. The van der Waals surface area contributed by atoms with Crippen molar-refractivity contribution < 1.29 is 14.3 Å². The van der Waals surface area contributed by atoms with Crippen molar-refractivity contribution in [2.75, 3.05) is 13.4 Å². The van der Waals surface area contributed by atoms with Crippen LogP contribution in [0.5, 0.6) is 10.8 Å². The molecule has 0 bridgehead atoms. The van der Waals surface area contributed by atoms with E-state index >= 15 is 0 Å². The Labute approximate surface area is 134 Å². The minimum Gasteiger partial charge on any atom is -0.465 e. The lowest BCUT2D eigenvalue weighted by molar-refractivity contribution is 0.0606. The van der Waals surface area contributed by atoms with Gasteiger partial charge in [0.2, 0.25) is 5.06 Å². The molecule has 2 aromatic rings. The van der Waals surface area contributed by atoms with Crippen LogP contribution in [0.1, 0.15) is 15.2 Å². The standard InChI is InChI=1S/C14H10ClNO3S2/c1-18-13(17)11-6-9-14(21-11)19-10-4-3-7(15)5-8(10)12(16-9)20-2/h3-6H,1-2H3. The molecule has 1 aliphatic heterocycles. The van der Waals surface area contributed by atoms with Crippen molar-refractivity contribution in [3.63, 3.8) is 0 Å². The normalized spacial score (nSPS) is 12.6. The Balaban J connectivity index is 2.14. The van der Waals surface area contributed by atoms with Crippen molar-refractivity contribution in [2.45, 2.75) is 0 Å². The quantitative estimate of drug-likeness (QED) is 0.704. The van der Waals surface area contributed by atoms with E-state index in [-0.39, 0.29) is 0 Å². The van der Waals surface area contributed by atoms with Gasteiger partial charge in [0.15, 0.2) is 0 Å². The van der Waals surface area contributed by atoms with Crippen molar-refractivity contribution in [2.24, 2.45) is 4.99 Å². The van der Waals surface area contributed by atoms with Crippen molar-refractivity contribution in [3.05, 3.63) is 39.7 Å². The van der Waals surface area contributed by atoms with Crippen LogP contribution < -0.4 is 4.74 Å². The van der Waals surface area contributed by atoms with Gasteiger partial charge in [-0.2, -0.15) is 0 Å². The second kappa shape index (κ2) is 5.71. The average Bonchev–Trinajstić information content (AvgIpc) is 2.82. The zero-order chi connectivity index (χ0) is 15.0. The highest BCUT2D eigenvalue weighted by Crippen LogP contribution is 2.45. The highest BCUT2D eigenvalue weighted by molar-refractivity contribution is 8.13. The van der Waals surface area contributed by atoms with Gasteiger partial charge in [-0.05, 0) is 30.5 Å². The van der Waals surface area contributed by atoms with Crippen molar-refractivity contribution >= 4 is 51.4 Å². The highest BCUT2D eigenvalue weighted by Gasteiger charge is 2.22. The summed E-state index contributed by atoms with van der Waals surface area (Å²) >= 11 is 8.76. The highest BCUT2D eigenvalue weighted by atomic mass is 35.5. The molecule has 3 rings (SSSR count). The Hall–Kier alpha value is -1.50. The number of fused-ring (bicyclic) bond motifs is 2. The summed E-state index contributed by atoms with van der Waals surface area (Å²) in [6.07, 6.45) is 1.93. The zero-order valence-corrected chi connectivity index (χ0v) is 13.6. The van der Waals surface area contributed by atoms with E-state index in [0.717, 1.165) is 10.6 Å². The number of hydrogen-bond donors (Lipinski definition) is 0. The van der Waals surface area contributed by atoms with Gasteiger partial charge in [-0.1, -0.05) is 22.9 Å². The minimum absolute atomic E-state index is 0.395. The molecule has 0 N–H and O–H groups in total. The van der Waals surface area contributed by atoms with Crippen molar-refractivity contribution in [1.29, 1.82) is 0 Å². The lowest BCUT2D eigenvalue weighted by Crippen LogP contribution is -1.98. The second-order valence-corrected chi connectivity index (χ2v) is 6.38. The minimum atomic E-state index is -0.395. The van der Waals surface area contributed by atoms with Crippen molar-refractivity contribution in [3.8, 4) is 10.8 Å². The molecule has 0 unspecified atom stereocenters. The summed E-state index contributed by atoms with van der Waals surface area (Å²) in [6.45, 7) is 0. The summed E-state index contributed by atoms with van der Waals surface area (Å²) in [6, 6.07) is 7.06. The number of thiophene rings is 1. The number of carbonyl (C=O) groups is 1. The van der Waals surface area contributed by atoms with Gasteiger partial charge in [0.05, 0.1) is 12.7 Å². The van der Waals surface area contributed by atoms with Crippen LogP contribution >= 0.6 is 34.7 Å². The largest absolute Gasteiger partial charge is 0.465 e. The molecule has 0 atom stereocenters. The second-order valence-electron chi connectivity index (χ2n) is 4.14. The molecule has 0 aliphatic carbocycles. The first-order valence-corrected chi connectivity index (χ1v) is 8.37. The number of carbonyl (C=O) groups excluding carboxylic acids is 1. The third-order valence-corrected chi connectivity index (χ3v) is 4.77. The predicted octanol–water partition coefficient (Wildman–Crippen LogP) is 4.74. The molecule has 21 heavy (non-hydrogen) atoms. The van der Waals surface area contributed by atoms with Crippen LogP contribution in [0.2, 0.25) is 5.02 Å². The summed E-state index contributed by atoms with van der Waals surface area (Å²) in [5.41, 5.74) is 1.47. The zero-order valence-electron chi connectivity index (χ0n) is 11.2. The molecule has 1 aromatic heterocycles. The summed E-state index contributed by atoms with van der Waals surface area (Å²) in [7, 11) is 1.35. The van der Waals surface area contributed by atoms with E-state index < -0.39 is 5.97 Å². The molecule has 7 heteroatoms. The van der Waals surface area contributed by atoms with E-state index in [4.69, 9.17) is 21.1 Å². The Morgan fingerprint density at radius 2 is 2.24 bits per heavy atom. The van der Waals surface area contributed by atoms with Gasteiger partial charge in [0.1, 0.15) is 21.4 Å². The molecule has 0 fully saturated rings. The molecule has 0 saturated heterocycles. The van der Waals surface area contributed by atoms with Crippen LogP contribution in [0.25, 0.3) is 0 Å². The molecule has 0 amide bonds. The molecule has 0 saturated carbocycles. The topological polar surface area (TPSA) is 47.9 Å². The van der Waals surface area contributed by atoms with Gasteiger partial charge in [0, 0.05) is 5.02 Å². The molecular formula is C14H10ClNO3S2.